The van der Waals surface area contributed by atoms with E-state index in [9.17, 15) is 0 Å². The number of hydrogen-bond donors (Lipinski definition) is 1. The molecule has 296 valence electrons. The Labute approximate surface area is 313 Å². The van der Waals surface area contributed by atoms with Gasteiger partial charge in [0.25, 0.3) is 8.48 Å². The van der Waals surface area contributed by atoms with Gasteiger partial charge in [-0.1, -0.05) is 20.8 Å². The summed E-state index contributed by atoms with van der Waals surface area (Å²) in [4.78, 5) is 0. The van der Waals surface area contributed by atoms with Gasteiger partial charge in [-0.2, -0.15) is 0 Å². The molecule has 0 rings (SSSR count). The van der Waals surface area contributed by atoms with Gasteiger partial charge in [0, 0.05) is 49.6 Å². The maximum Gasteiger partial charge on any atom is 0.503 e. The predicted molar refractivity (Wildman–Crippen MR) is 225 cm³/mol. The average molecular weight is 838 g/mol. The Morgan fingerprint density at radius 1 is 0.653 bits per heavy atom. The van der Waals surface area contributed by atoms with Gasteiger partial charge in [-0.15, -0.1) is 0 Å². The molecular formula is C30H80N2O9Si8. The molecule has 11 nitrogen and oxygen atoms in total. The molecule has 0 aliphatic carbocycles. The van der Waals surface area contributed by atoms with E-state index in [1.54, 1.807) is 21.3 Å². The quantitative estimate of drug-likeness (QED) is 0.0643. The van der Waals surface area contributed by atoms with Crippen molar-refractivity contribution in [3.05, 3.63) is 0 Å². The van der Waals surface area contributed by atoms with Crippen molar-refractivity contribution in [3.8, 4) is 0 Å². The highest BCUT2D eigenvalue weighted by atomic mass is 28.5. The molecule has 0 aliphatic heterocycles. The summed E-state index contributed by atoms with van der Waals surface area (Å²) in [6.45, 7) is 39.5. The van der Waals surface area contributed by atoms with Crippen molar-refractivity contribution in [1.82, 2.24) is 9.88 Å². The summed E-state index contributed by atoms with van der Waals surface area (Å²) in [6, 6.07) is 2.00. The smallest absolute Gasteiger partial charge is 0.436 e. The van der Waals surface area contributed by atoms with Crippen LogP contribution in [0.1, 0.15) is 41.0 Å². The SMILES string of the molecule is CCO[Si](C)(CCCNC[SiH2]C(C[Si](C)(C)O[Si](C)(C)O[Si](C)(C)O[Si](C)(C)O[Si](C)(C)N(CC)CC)C(C)[Si](OC)(OC)OC)OCC. The van der Waals surface area contributed by atoms with E-state index < -0.39 is 69.4 Å². The Kier molecular flexibility index (Phi) is 22.6. The molecule has 0 fully saturated rings. The molecule has 0 saturated carbocycles. The minimum Gasteiger partial charge on any atom is -0.436 e. The van der Waals surface area contributed by atoms with Crippen LogP contribution in [0.5, 0.6) is 0 Å². The van der Waals surface area contributed by atoms with E-state index in [1.807, 2.05) is 13.8 Å². The van der Waals surface area contributed by atoms with Crippen molar-refractivity contribution in [2.24, 2.45) is 0 Å². The largest absolute Gasteiger partial charge is 0.503 e. The Morgan fingerprint density at radius 2 is 1.10 bits per heavy atom. The van der Waals surface area contributed by atoms with Gasteiger partial charge in [0.1, 0.15) is 0 Å². The summed E-state index contributed by atoms with van der Waals surface area (Å²) in [6.07, 6.45) is 2.08. The van der Waals surface area contributed by atoms with E-state index in [0.717, 1.165) is 44.3 Å². The van der Waals surface area contributed by atoms with Crippen molar-refractivity contribution in [2.45, 2.75) is 136 Å². The fraction of sp³-hybridized carbons (Fsp3) is 1.00. The summed E-state index contributed by atoms with van der Waals surface area (Å²) in [7, 11) is -12.2. The van der Waals surface area contributed by atoms with Crippen LogP contribution in [0.4, 0.5) is 0 Å². The molecule has 0 spiro atoms. The minimum absolute atomic E-state index is 0.157. The normalized spacial score (nSPS) is 15.9. The molecule has 0 aromatic carbocycles. The second-order valence-electron chi connectivity index (χ2n) is 15.6. The lowest BCUT2D eigenvalue weighted by Crippen LogP contribution is -2.62. The topological polar surface area (TPSA) is 98.3 Å². The van der Waals surface area contributed by atoms with E-state index in [1.165, 1.54) is 0 Å². The summed E-state index contributed by atoms with van der Waals surface area (Å²) in [5.74, 6) is 0. The fourth-order valence-electron chi connectivity index (χ4n) is 7.60. The number of rotatable bonds is 29. The number of nitrogens with one attached hydrogen (secondary N) is 1. The molecule has 0 radical (unpaired) electrons. The molecule has 2 atom stereocenters. The summed E-state index contributed by atoms with van der Waals surface area (Å²) >= 11 is 0. The van der Waals surface area contributed by atoms with Crippen LogP contribution in [0.25, 0.3) is 0 Å². The first kappa shape index (κ1) is 50.3. The molecule has 0 heterocycles. The first-order valence-electron chi connectivity index (χ1n) is 18.6. The third kappa shape index (κ3) is 18.5. The van der Waals surface area contributed by atoms with Gasteiger partial charge in [0.05, 0.1) is 0 Å². The molecule has 0 saturated heterocycles. The van der Waals surface area contributed by atoms with Gasteiger partial charge < -0.3 is 48.5 Å². The lowest BCUT2D eigenvalue weighted by Gasteiger charge is -2.45. The van der Waals surface area contributed by atoms with Crippen LogP contribution in [-0.4, -0.2) is 134 Å². The van der Waals surface area contributed by atoms with Crippen LogP contribution in [0, 0.1) is 0 Å². The minimum atomic E-state index is -2.86. The maximum atomic E-state index is 7.13. The number of nitrogens with zero attached hydrogens (tertiary/aromatic N) is 1. The van der Waals surface area contributed by atoms with Crippen LogP contribution in [0.3, 0.4) is 0 Å². The van der Waals surface area contributed by atoms with E-state index in [0.29, 0.717) is 18.8 Å². The predicted octanol–water partition coefficient (Wildman–Crippen LogP) is 6.71. The Bertz CT molecular complexity index is 900. The first-order valence-corrected chi connectivity index (χ1v) is 39.1. The van der Waals surface area contributed by atoms with Crippen LogP contribution < -0.4 is 5.32 Å². The average Bonchev–Trinajstić information content (AvgIpc) is 2.93. The Morgan fingerprint density at radius 3 is 1.53 bits per heavy atom. The third-order valence-corrected chi connectivity index (χ3v) is 38.4. The second kappa shape index (κ2) is 22.0. The van der Waals surface area contributed by atoms with Crippen LogP contribution in [0.15, 0.2) is 0 Å². The van der Waals surface area contributed by atoms with Crippen LogP contribution in [-0.2, 0) is 38.6 Å². The molecule has 1 N–H and O–H groups in total. The standard InChI is InChI=1S/C30H80N2O9Si8/c1-20-32(21-2)44(11,12)39-46(15,16)41-47(17,18)40-45(13,14)38-43(9,10)27-30(29(5)49(33-6,34-7)35-8)42-28-31-25-24-26-48(19,36-22-3)37-23-4/h29-31H,20-28,42H2,1-19H3. The first-order chi connectivity index (χ1) is 22.4. The molecule has 49 heavy (non-hydrogen) atoms. The lowest BCUT2D eigenvalue weighted by molar-refractivity contribution is 0.112. The van der Waals surface area contributed by atoms with Gasteiger partial charge in [-0.05, 0) is 136 Å². The van der Waals surface area contributed by atoms with Crippen molar-refractivity contribution in [1.29, 1.82) is 0 Å². The molecule has 0 bridgehead atoms. The van der Waals surface area contributed by atoms with Gasteiger partial charge in [0.2, 0.25) is 0 Å². The molecule has 0 aliphatic rings. The van der Waals surface area contributed by atoms with Crippen LogP contribution >= 0.6 is 0 Å². The molecular weight excluding hydrogens is 757 g/mol. The zero-order valence-corrected chi connectivity index (χ0v) is 43.8. The monoisotopic (exact) mass is 836 g/mol. The zero-order chi connectivity index (χ0) is 38.4. The van der Waals surface area contributed by atoms with E-state index in [-0.39, 0.29) is 5.54 Å². The summed E-state index contributed by atoms with van der Waals surface area (Å²) in [5.41, 5.74) is 0.579. The molecule has 0 amide bonds. The summed E-state index contributed by atoms with van der Waals surface area (Å²) < 4.78 is 60.3. The van der Waals surface area contributed by atoms with Crippen molar-refractivity contribution in [2.75, 3.05) is 60.3 Å². The lowest BCUT2D eigenvalue weighted by atomic mass is 10.3. The Hall–Kier alpha value is 1.30. The maximum absolute atomic E-state index is 7.13. The molecule has 0 aromatic rings. The van der Waals surface area contributed by atoms with Gasteiger partial charge in [0.15, 0.2) is 8.32 Å². The zero-order valence-electron chi connectivity index (χ0n) is 35.3. The van der Waals surface area contributed by atoms with Crippen LogP contribution in [0.2, 0.25) is 95.2 Å². The van der Waals surface area contributed by atoms with Crippen molar-refractivity contribution in [3.63, 3.8) is 0 Å². The highest BCUT2D eigenvalue weighted by Gasteiger charge is 2.51. The molecule has 0 aromatic heterocycles. The number of hydrogen-bond acceptors (Lipinski definition) is 11. The second-order valence-corrected chi connectivity index (χ2v) is 43.5. The van der Waals surface area contributed by atoms with Gasteiger partial charge >= 0.3 is 43.0 Å². The van der Waals surface area contributed by atoms with E-state index >= 15 is 0 Å². The Balaban J connectivity index is 5.73. The summed E-state index contributed by atoms with van der Waals surface area (Å²) in [5, 5.41) is 3.76. The highest BCUT2D eigenvalue weighted by Crippen LogP contribution is 2.41. The van der Waals surface area contributed by atoms with Crippen molar-refractivity contribution >= 4 is 69.4 Å². The van der Waals surface area contributed by atoms with E-state index in [4.69, 9.17) is 38.6 Å². The molecule has 19 heteroatoms. The molecule has 2 unspecified atom stereocenters. The fourth-order valence-corrected chi connectivity index (χ4v) is 43.4. The third-order valence-electron chi connectivity index (χ3n) is 8.97. The van der Waals surface area contributed by atoms with Gasteiger partial charge in [-0.25, -0.2) is 0 Å². The van der Waals surface area contributed by atoms with Crippen molar-refractivity contribution < 1.29 is 38.6 Å². The van der Waals surface area contributed by atoms with E-state index in [2.05, 4.69) is 103 Å². The van der Waals surface area contributed by atoms with Gasteiger partial charge in [-0.3, -0.25) is 0 Å². The highest BCUT2D eigenvalue weighted by molar-refractivity contribution is 6.90.